The molecule has 2 heterocycles. The van der Waals surface area contributed by atoms with E-state index in [1.165, 1.54) is 6.26 Å². The lowest BCUT2D eigenvalue weighted by atomic mass is 10.1. The van der Waals surface area contributed by atoms with E-state index in [0.29, 0.717) is 5.39 Å². The summed E-state index contributed by atoms with van der Waals surface area (Å²) in [4.78, 5) is 11.1. The van der Waals surface area contributed by atoms with Crippen LogP contribution in [0.4, 0.5) is 0 Å². The lowest BCUT2D eigenvalue weighted by molar-refractivity contribution is 0.440. The summed E-state index contributed by atoms with van der Waals surface area (Å²) in [7, 11) is 0. The fourth-order valence-corrected chi connectivity index (χ4v) is 1.69. The van der Waals surface area contributed by atoms with E-state index in [1.54, 1.807) is 12.1 Å². The van der Waals surface area contributed by atoms with Crippen molar-refractivity contribution in [3.05, 3.63) is 34.9 Å². The van der Waals surface area contributed by atoms with Crippen molar-refractivity contribution in [3.63, 3.8) is 0 Å². The molecule has 2 aromatic heterocycles. The Kier molecular flexibility index (Phi) is 1.54. The minimum Gasteiger partial charge on any atom is -0.507 e. The summed E-state index contributed by atoms with van der Waals surface area (Å²) in [5.41, 5.74) is -0.583. The Bertz CT molecular complexity index is 750. The van der Waals surface area contributed by atoms with Gasteiger partial charge in [-0.1, -0.05) is 0 Å². The van der Waals surface area contributed by atoms with Gasteiger partial charge in [0.25, 0.3) is 0 Å². The van der Waals surface area contributed by atoms with Gasteiger partial charge in [0.05, 0.1) is 17.7 Å². The highest BCUT2D eigenvalue weighted by atomic mass is 16.4. The topological polar surface area (TPSA) is 83.8 Å². The average molecular weight is 218 g/mol. The lowest BCUT2D eigenvalue weighted by Crippen LogP contribution is -1.95. The number of phenolic OH excluding ortho intramolecular Hbond substituents is 1. The second-order valence-electron chi connectivity index (χ2n) is 3.39. The second kappa shape index (κ2) is 2.79. The Morgan fingerprint density at radius 3 is 2.75 bits per heavy atom. The summed E-state index contributed by atoms with van der Waals surface area (Å²) in [6.45, 7) is 0. The van der Waals surface area contributed by atoms with E-state index < -0.39 is 5.63 Å². The van der Waals surface area contributed by atoms with Crippen molar-refractivity contribution in [2.75, 3.05) is 0 Å². The summed E-state index contributed by atoms with van der Waals surface area (Å²) >= 11 is 0. The van der Waals surface area contributed by atoms with Crippen molar-refractivity contribution in [3.8, 4) is 11.5 Å². The Hall–Kier alpha value is -2.43. The van der Waals surface area contributed by atoms with Gasteiger partial charge in [-0.2, -0.15) is 0 Å². The van der Waals surface area contributed by atoms with Gasteiger partial charge in [0, 0.05) is 5.39 Å². The third-order valence-corrected chi connectivity index (χ3v) is 2.40. The number of hydrogen-bond donors (Lipinski definition) is 2. The predicted octanol–water partition coefficient (Wildman–Crippen LogP) is 1.95. The van der Waals surface area contributed by atoms with Crippen LogP contribution in [0.15, 0.2) is 38.1 Å². The molecule has 0 aliphatic heterocycles. The maximum absolute atomic E-state index is 11.1. The molecule has 0 saturated carbocycles. The van der Waals surface area contributed by atoms with E-state index in [1.807, 2.05) is 0 Å². The van der Waals surface area contributed by atoms with Crippen LogP contribution < -0.4 is 5.63 Å². The normalized spacial score (nSPS) is 11.2. The maximum Gasteiger partial charge on any atom is 0.340 e. The Labute approximate surface area is 88.1 Å². The van der Waals surface area contributed by atoms with E-state index in [4.69, 9.17) is 8.83 Å². The van der Waals surface area contributed by atoms with Crippen molar-refractivity contribution in [1.29, 1.82) is 0 Å². The van der Waals surface area contributed by atoms with E-state index >= 15 is 0 Å². The monoisotopic (exact) mass is 218 g/mol. The Morgan fingerprint density at radius 2 is 1.94 bits per heavy atom. The largest absolute Gasteiger partial charge is 0.507 e. The molecule has 0 saturated heterocycles. The minimum absolute atomic E-state index is 0.0764. The Morgan fingerprint density at radius 1 is 1.12 bits per heavy atom. The highest BCUT2D eigenvalue weighted by Crippen LogP contribution is 2.36. The summed E-state index contributed by atoms with van der Waals surface area (Å²) in [6, 6.07) is 4.17. The number of furan rings is 1. The van der Waals surface area contributed by atoms with Crippen LogP contribution in [-0.4, -0.2) is 10.2 Å². The quantitative estimate of drug-likeness (QED) is 0.563. The molecule has 0 fully saturated rings. The van der Waals surface area contributed by atoms with Crippen LogP contribution in [-0.2, 0) is 0 Å². The second-order valence-corrected chi connectivity index (χ2v) is 3.39. The number of benzene rings is 1. The number of rotatable bonds is 0. The molecule has 0 aliphatic rings. The number of hydrogen-bond acceptors (Lipinski definition) is 5. The molecule has 0 unspecified atom stereocenters. The first-order valence-electron chi connectivity index (χ1n) is 4.53. The van der Waals surface area contributed by atoms with Crippen LogP contribution in [0.3, 0.4) is 0 Å². The average Bonchev–Trinajstić information content (AvgIpc) is 2.68. The standard InChI is InChI=1S/C11H6O5/c12-7-4-8(13)16-11-6(7)3-5-1-2-15-10(5)9(11)14/h1-4,12,14H. The smallest absolute Gasteiger partial charge is 0.340 e. The molecule has 3 rings (SSSR count). The highest BCUT2D eigenvalue weighted by molar-refractivity contribution is 6.01. The zero-order chi connectivity index (χ0) is 11.3. The van der Waals surface area contributed by atoms with Gasteiger partial charge in [-0.15, -0.1) is 0 Å². The molecule has 5 heteroatoms. The molecule has 3 aromatic rings. The van der Waals surface area contributed by atoms with Crippen molar-refractivity contribution in [1.82, 2.24) is 0 Å². The van der Waals surface area contributed by atoms with Gasteiger partial charge in [-0.05, 0) is 12.1 Å². The number of aromatic hydroxyl groups is 2. The molecule has 0 atom stereocenters. The van der Waals surface area contributed by atoms with Crippen molar-refractivity contribution in [2.45, 2.75) is 0 Å². The van der Waals surface area contributed by atoms with Crippen LogP contribution in [0.5, 0.6) is 11.5 Å². The highest BCUT2D eigenvalue weighted by Gasteiger charge is 2.14. The van der Waals surface area contributed by atoms with Gasteiger partial charge in [0.1, 0.15) is 5.75 Å². The minimum atomic E-state index is -0.730. The zero-order valence-electron chi connectivity index (χ0n) is 7.93. The Balaban J connectivity index is 2.66. The van der Waals surface area contributed by atoms with Crippen molar-refractivity contribution < 1.29 is 19.0 Å². The van der Waals surface area contributed by atoms with Crippen LogP contribution >= 0.6 is 0 Å². The molecule has 2 N–H and O–H groups in total. The molecule has 1 aromatic carbocycles. The van der Waals surface area contributed by atoms with Gasteiger partial charge in [-0.25, -0.2) is 4.79 Å². The van der Waals surface area contributed by atoms with Crippen molar-refractivity contribution in [2.24, 2.45) is 0 Å². The zero-order valence-corrected chi connectivity index (χ0v) is 7.93. The molecule has 0 bridgehead atoms. The van der Waals surface area contributed by atoms with Gasteiger partial charge >= 0.3 is 5.63 Å². The molecule has 80 valence electrons. The number of fused-ring (bicyclic) bond motifs is 2. The first-order valence-corrected chi connectivity index (χ1v) is 4.53. The van der Waals surface area contributed by atoms with Crippen LogP contribution in [0, 0.1) is 0 Å². The third kappa shape index (κ3) is 1.02. The fraction of sp³-hybridized carbons (Fsp3) is 0. The first kappa shape index (κ1) is 8.84. The molecule has 0 amide bonds. The van der Waals surface area contributed by atoms with Crippen LogP contribution in [0.1, 0.15) is 0 Å². The molecule has 0 spiro atoms. The molecule has 16 heavy (non-hydrogen) atoms. The summed E-state index contributed by atoms with van der Waals surface area (Å²) in [6.07, 6.45) is 1.40. The van der Waals surface area contributed by atoms with E-state index in [2.05, 4.69) is 0 Å². The third-order valence-electron chi connectivity index (χ3n) is 2.40. The fourth-order valence-electron chi connectivity index (χ4n) is 1.69. The number of phenols is 1. The van der Waals surface area contributed by atoms with Crippen LogP contribution in [0.2, 0.25) is 0 Å². The van der Waals surface area contributed by atoms with Gasteiger partial charge in [-0.3, -0.25) is 0 Å². The molecule has 0 radical (unpaired) electrons. The van der Waals surface area contributed by atoms with E-state index in [-0.39, 0.29) is 28.1 Å². The van der Waals surface area contributed by atoms with E-state index in [9.17, 15) is 15.0 Å². The van der Waals surface area contributed by atoms with E-state index in [0.717, 1.165) is 6.07 Å². The summed E-state index contributed by atoms with van der Waals surface area (Å²) in [5.74, 6) is -0.518. The summed E-state index contributed by atoms with van der Waals surface area (Å²) in [5, 5.41) is 20.3. The molecular formula is C11H6O5. The van der Waals surface area contributed by atoms with Crippen molar-refractivity contribution >= 4 is 21.9 Å². The van der Waals surface area contributed by atoms with Crippen LogP contribution in [0.25, 0.3) is 21.9 Å². The summed E-state index contributed by atoms with van der Waals surface area (Å²) < 4.78 is 9.87. The van der Waals surface area contributed by atoms with Gasteiger partial charge < -0.3 is 19.0 Å². The lowest BCUT2D eigenvalue weighted by Gasteiger charge is -2.01. The van der Waals surface area contributed by atoms with Gasteiger partial charge in [0.15, 0.2) is 11.2 Å². The molecule has 5 nitrogen and oxygen atoms in total. The SMILES string of the molecule is O=c1cc(O)c2cc3ccoc3c(O)c2o1. The van der Waals surface area contributed by atoms with Gasteiger partial charge in [0.2, 0.25) is 5.75 Å². The predicted molar refractivity (Wildman–Crippen MR) is 55.6 cm³/mol. The molecular weight excluding hydrogens is 212 g/mol. The maximum atomic E-state index is 11.1. The first-order chi connectivity index (χ1) is 7.66. The molecule has 0 aliphatic carbocycles.